The number of nitrogens with one attached hydrogen (secondary N) is 1. The molecular formula is C4H6ClN5O. The first kappa shape index (κ1) is 7.80. The van der Waals surface area contributed by atoms with Gasteiger partial charge >= 0.3 is 0 Å². The van der Waals surface area contributed by atoms with Crippen LogP contribution in [0, 0.1) is 5.41 Å². The number of halogens is 1. The molecule has 0 atom stereocenters. The van der Waals surface area contributed by atoms with Crippen molar-refractivity contribution in [2.75, 3.05) is 5.73 Å². The average molecular weight is 176 g/mol. The van der Waals surface area contributed by atoms with Gasteiger partial charge < -0.3 is 10.9 Å². The number of alkyl halides is 1. The van der Waals surface area contributed by atoms with Crippen LogP contribution >= 0.6 is 11.6 Å². The molecule has 0 saturated carbocycles. The van der Waals surface area contributed by atoms with Gasteiger partial charge in [-0.05, 0) is 0 Å². The zero-order valence-corrected chi connectivity index (χ0v) is 6.21. The van der Waals surface area contributed by atoms with Gasteiger partial charge in [0, 0.05) is 0 Å². The van der Waals surface area contributed by atoms with E-state index >= 15 is 0 Å². The maximum atomic E-state index is 8.86. The molecule has 4 N–H and O–H groups in total. The van der Waals surface area contributed by atoms with E-state index in [0.717, 1.165) is 0 Å². The molecule has 0 spiro atoms. The molecule has 11 heavy (non-hydrogen) atoms. The summed E-state index contributed by atoms with van der Waals surface area (Å²) >= 11 is 5.37. The van der Waals surface area contributed by atoms with E-state index in [1.807, 2.05) is 0 Å². The largest absolute Gasteiger partial charge is 0.422 e. The van der Waals surface area contributed by atoms with Gasteiger partial charge in [-0.3, -0.25) is 5.41 Å². The standard InChI is InChI=1S/C4H6ClN5O/c5-1-2-8-3(6)10(11)4(7)9-2/h11H,1H2,(H3,6,7,8,9). The number of rotatable bonds is 1. The second kappa shape index (κ2) is 2.75. The summed E-state index contributed by atoms with van der Waals surface area (Å²) in [5, 5.41) is 15.9. The van der Waals surface area contributed by atoms with Crippen LogP contribution in [-0.2, 0) is 5.88 Å². The molecule has 0 aromatic carbocycles. The van der Waals surface area contributed by atoms with Crippen molar-refractivity contribution >= 4 is 17.5 Å². The van der Waals surface area contributed by atoms with Crippen LogP contribution in [0.25, 0.3) is 0 Å². The van der Waals surface area contributed by atoms with Crippen LogP contribution in [-0.4, -0.2) is 19.9 Å². The quantitative estimate of drug-likeness (QED) is 0.389. The lowest BCUT2D eigenvalue weighted by atomic mass is 10.7. The second-order valence-electron chi connectivity index (χ2n) is 1.77. The van der Waals surface area contributed by atoms with E-state index in [1.54, 1.807) is 0 Å². The van der Waals surface area contributed by atoms with Crippen molar-refractivity contribution in [1.82, 2.24) is 14.7 Å². The predicted molar refractivity (Wildman–Crippen MR) is 37.0 cm³/mol. The lowest BCUT2D eigenvalue weighted by Crippen LogP contribution is -2.26. The Hall–Kier alpha value is -1.30. The van der Waals surface area contributed by atoms with Crippen LogP contribution in [0.2, 0.25) is 0 Å². The lowest BCUT2D eigenvalue weighted by Gasteiger charge is -2.00. The summed E-state index contributed by atoms with van der Waals surface area (Å²) in [6, 6.07) is 0. The van der Waals surface area contributed by atoms with Gasteiger partial charge in [-0.1, -0.05) is 0 Å². The fourth-order valence-electron chi connectivity index (χ4n) is 0.542. The molecule has 0 radical (unpaired) electrons. The van der Waals surface area contributed by atoms with Gasteiger partial charge in [-0.25, -0.2) is 0 Å². The number of nitrogens with zero attached hydrogens (tertiary/aromatic N) is 3. The smallest absolute Gasteiger partial charge is 0.261 e. The summed E-state index contributed by atoms with van der Waals surface area (Å²) in [7, 11) is 0. The first-order valence-corrected chi connectivity index (χ1v) is 3.24. The highest BCUT2D eigenvalue weighted by Gasteiger charge is 2.01. The first-order chi connectivity index (χ1) is 5.15. The van der Waals surface area contributed by atoms with E-state index in [-0.39, 0.29) is 23.3 Å². The summed E-state index contributed by atoms with van der Waals surface area (Å²) in [4.78, 5) is 7.09. The van der Waals surface area contributed by atoms with E-state index in [0.29, 0.717) is 4.73 Å². The Morgan fingerprint density at radius 1 is 1.64 bits per heavy atom. The highest BCUT2D eigenvalue weighted by atomic mass is 35.5. The summed E-state index contributed by atoms with van der Waals surface area (Å²) < 4.78 is 0.371. The highest BCUT2D eigenvalue weighted by molar-refractivity contribution is 6.16. The van der Waals surface area contributed by atoms with E-state index in [9.17, 15) is 0 Å². The Morgan fingerprint density at radius 2 is 2.27 bits per heavy atom. The van der Waals surface area contributed by atoms with E-state index in [4.69, 9.17) is 28.0 Å². The van der Waals surface area contributed by atoms with E-state index < -0.39 is 0 Å². The maximum absolute atomic E-state index is 8.86. The summed E-state index contributed by atoms with van der Waals surface area (Å²) in [5.41, 5.74) is 4.80. The van der Waals surface area contributed by atoms with Gasteiger partial charge in [0.05, 0.1) is 5.88 Å². The Labute approximate surface area is 66.7 Å². The van der Waals surface area contributed by atoms with Crippen molar-refractivity contribution in [3.8, 4) is 0 Å². The molecule has 0 amide bonds. The van der Waals surface area contributed by atoms with Gasteiger partial charge in [-0.2, -0.15) is 9.97 Å². The molecule has 1 aromatic rings. The van der Waals surface area contributed by atoms with Gasteiger partial charge in [0.15, 0.2) is 5.82 Å². The Bertz CT molecular complexity index is 321. The van der Waals surface area contributed by atoms with Crippen LogP contribution < -0.4 is 11.4 Å². The van der Waals surface area contributed by atoms with Gasteiger partial charge in [0.2, 0.25) is 5.95 Å². The first-order valence-electron chi connectivity index (χ1n) is 2.70. The fourth-order valence-corrected chi connectivity index (χ4v) is 0.662. The lowest BCUT2D eigenvalue weighted by molar-refractivity contribution is 0.167. The molecule has 6 nitrogen and oxygen atoms in total. The SMILES string of the molecule is N=c1nc(CCl)nc(N)n1O. The summed E-state index contributed by atoms with van der Waals surface area (Å²) in [5.74, 6) is 0.0943. The van der Waals surface area contributed by atoms with Crippen molar-refractivity contribution in [2.24, 2.45) is 0 Å². The molecule has 0 aliphatic carbocycles. The second-order valence-corrected chi connectivity index (χ2v) is 2.03. The molecule has 1 rings (SSSR count). The van der Waals surface area contributed by atoms with Crippen molar-refractivity contribution in [3.05, 3.63) is 11.4 Å². The van der Waals surface area contributed by atoms with Crippen molar-refractivity contribution < 1.29 is 5.21 Å². The van der Waals surface area contributed by atoms with Crippen LogP contribution in [0.1, 0.15) is 5.82 Å². The van der Waals surface area contributed by atoms with Crippen LogP contribution in [0.4, 0.5) is 5.95 Å². The molecule has 0 fully saturated rings. The van der Waals surface area contributed by atoms with Crippen LogP contribution in [0.3, 0.4) is 0 Å². The number of hydrogen-bond donors (Lipinski definition) is 3. The fraction of sp³-hybridized carbons (Fsp3) is 0.250. The molecule has 60 valence electrons. The topological polar surface area (TPSA) is 101 Å². The molecule has 0 saturated heterocycles. The monoisotopic (exact) mass is 175 g/mol. The third-order valence-corrected chi connectivity index (χ3v) is 1.25. The minimum Gasteiger partial charge on any atom is -0.422 e. The van der Waals surface area contributed by atoms with Crippen molar-refractivity contribution in [1.29, 1.82) is 5.41 Å². The minimum atomic E-state index is -0.381. The van der Waals surface area contributed by atoms with Crippen LogP contribution in [0.15, 0.2) is 0 Å². The minimum absolute atomic E-state index is 0.0664. The molecule has 1 heterocycles. The average Bonchev–Trinajstić information content (AvgIpc) is 1.99. The highest BCUT2D eigenvalue weighted by Crippen LogP contribution is 1.94. The Kier molecular flexibility index (Phi) is 1.95. The molecule has 0 unspecified atom stereocenters. The zero-order chi connectivity index (χ0) is 8.43. The predicted octanol–water partition coefficient (Wildman–Crippen LogP) is -0.684. The van der Waals surface area contributed by atoms with Crippen molar-refractivity contribution in [3.63, 3.8) is 0 Å². The summed E-state index contributed by atoms with van der Waals surface area (Å²) in [6.07, 6.45) is 0. The Morgan fingerprint density at radius 3 is 2.73 bits per heavy atom. The number of anilines is 1. The molecule has 1 aromatic heterocycles. The number of nitrogen functional groups attached to an aromatic ring is 1. The maximum Gasteiger partial charge on any atom is 0.261 e. The van der Waals surface area contributed by atoms with Gasteiger partial charge in [0.25, 0.3) is 5.62 Å². The third-order valence-electron chi connectivity index (χ3n) is 1.02. The summed E-state index contributed by atoms with van der Waals surface area (Å²) in [6.45, 7) is 0. The van der Waals surface area contributed by atoms with Crippen LogP contribution in [0.5, 0.6) is 0 Å². The number of hydrogen-bond acceptors (Lipinski definition) is 5. The van der Waals surface area contributed by atoms with E-state index in [1.165, 1.54) is 0 Å². The zero-order valence-electron chi connectivity index (χ0n) is 5.45. The Balaban J connectivity index is 3.32. The van der Waals surface area contributed by atoms with Gasteiger partial charge in [-0.15, -0.1) is 16.3 Å². The third kappa shape index (κ3) is 1.40. The molecule has 0 aliphatic rings. The van der Waals surface area contributed by atoms with Gasteiger partial charge in [0.1, 0.15) is 0 Å². The normalized spacial score (nSPS) is 9.91. The van der Waals surface area contributed by atoms with E-state index in [2.05, 4.69) is 9.97 Å². The van der Waals surface area contributed by atoms with Crippen molar-refractivity contribution in [2.45, 2.75) is 5.88 Å². The molecular weight excluding hydrogens is 170 g/mol. The molecule has 7 heteroatoms. The molecule has 0 bridgehead atoms. The number of aromatic nitrogens is 3. The molecule has 0 aliphatic heterocycles. The number of nitrogens with two attached hydrogens (primary N) is 1.